The molecule has 0 aromatic heterocycles. The van der Waals surface area contributed by atoms with Crippen LogP contribution in [0.5, 0.6) is 0 Å². The average molecular weight is 397 g/mol. The number of unbranched alkanes of at least 4 members (excludes halogenated alkanes) is 12. The van der Waals surface area contributed by atoms with Crippen LogP contribution >= 0.6 is 0 Å². The van der Waals surface area contributed by atoms with Crippen LogP contribution in [0.15, 0.2) is 42.5 Å². The minimum absolute atomic E-state index is 0.0683. The van der Waals surface area contributed by atoms with E-state index in [0.29, 0.717) is 13.0 Å². The van der Waals surface area contributed by atoms with Gasteiger partial charge in [0.25, 0.3) is 0 Å². The molecule has 0 heterocycles. The molecule has 0 aliphatic heterocycles. The van der Waals surface area contributed by atoms with Gasteiger partial charge in [-0.05, 0) is 28.8 Å². The van der Waals surface area contributed by atoms with E-state index in [1.807, 2.05) is 18.2 Å². The third kappa shape index (κ3) is 10.5. The van der Waals surface area contributed by atoms with Crippen LogP contribution in [0.3, 0.4) is 0 Å². The molecule has 0 spiro atoms. The molecule has 0 amide bonds. The first-order valence-corrected chi connectivity index (χ1v) is 11.9. The number of rotatable bonds is 16. The average Bonchev–Trinajstić information content (AvgIpc) is 2.75. The molecule has 2 nitrogen and oxygen atoms in total. The molecule has 0 atom stereocenters. The van der Waals surface area contributed by atoms with Crippen LogP contribution in [0, 0.1) is 0 Å². The highest BCUT2D eigenvalue weighted by molar-refractivity contribution is 5.83. The number of benzene rings is 2. The fourth-order valence-electron chi connectivity index (χ4n) is 3.85. The number of carbonyl (C=O) groups is 1. The number of ether oxygens (including phenoxy) is 1. The molecule has 0 saturated carbocycles. The Morgan fingerprint density at radius 1 is 0.690 bits per heavy atom. The van der Waals surface area contributed by atoms with Gasteiger partial charge < -0.3 is 4.74 Å². The van der Waals surface area contributed by atoms with Crippen LogP contribution in [0.1, 0.15) is 102 Å². The van der Waals surface area contributed by atoms with Gasteiger partial charge in [0.2, 0.25) is 0 Å². The molecule has 0 fully saturated rings. The van der Waals surface area contributed by atoms with Gasteiger partial charge in [0.15, 0.2) is 0 Å². The zero-order chi connectivity index (χ0) is 20.6. The van der Waals surface area contributed by atoms with Crippen LogP contribution in [0.2, 0.25) is 0 Å². The lowest BCUT2D eigenvalue weighted by molar-refractivity contribution is -0.145. The van der Waals surface area contributed by atoms with Gasteiger partial charge >= 0.3 is 5.97 Å². The Hall–Kier alpha value is -1.83. The summed E-state index contributed by atoms with van der Waals surface area (Å²) in [6.45, 7) is 2.65. The van der Waals surface area contributed by atoms with Crippen molar-refractivity contribution < 1.29 is 9.53 Å². The van der Waals surface area contributed by atoms with Gasteiger partial charge in [-0.15, -0.1) is 0 Å². The highest BCUT2D eigenvalue weighted by Crippen LogP contribution is 2.17. The Morgan fingerprint density at radius 2 is 1.24 bits per heavy atom. The van der Waals surface area contributed by atoms with Gasteiger partial charge in [0.1, 0.15) is 6.61 Å². The second kappa shape index (κ2) is 15.1. The van der Waals surface area contributed by atoms with E-state index in [0.717, 1.165) is 18.4 Å². The van der Waals surface area contributed by atoms with Crippen molar-refractivity contribution in [2.45, 2.75) is 103 Å². The maximum Gasteiger partial charge on any atom is 0.306 e. The van der Waals surface area contributed by atoms with Gasteiger partial charge in [0, 0.05) is 6.42 Å². The number of esters is 1. The Labute approximate surface area is 178 Å². The first-order valence-electron chi connectivity index (χ1n) is 11.9. The van der Waals surface area contributed by atoms with E-state index in [4.69, 9.17) is 4.74 Å². The summed E-state index contributed by atoms with van der Waals surface area (Å²) >= 11 is 0. The number of hydrogen-bond acceptors (Lipinski definition) is 2. The van der Waals surface area contributed by atoms with E-state index in [2.05, 4.69) is 31.2 Å². The quantitative estimate of drug-likeness (QED) is 0.210. The van der Waals surface area contributed by atoms with E-state index in [1.165, 1.54) is 81.4 Å². The fraction of sp³-hybridized carbons (Fsp3) is 0.593. The zero-order valence-corrected chi connectivity index (χ0v) is 18.5. The van der Waals surface area contributed by atoms with Gasteiger partial charge in [-0.1, -0.05) is 120 Å². The second-order valence-electron chi connectivity index (χ2n) is 8.33. The maximum atomic E-state index is 12.0. The molecule has 0 unspecified atom stereocenters. The summed E-state index contributed by atoms with van der Waals surface area (Å²) in [6, 6.07) is 14.5. The number of fused-ring (bicyclic) bond motifs is 1. The van der Waals surface area contributed by atoms with Crippen LogP contribution in [-0.4, -0.2) is 5.97 Å². The molecule has 160 valence electrons. The lowest BCUT2D eigenvalue weighted by atomic mass is 10.0. The molecule has 2 rings (SSSR count). The van der Waals surface area contributed by atoms with Crippen molar-refractivity contribution in [3.8, 4) is 0 Å². The summed E-state index contributed by atoms with van der Waals surface area (Å²) in [5.74, 6) is -0.0683. The Morgan fingerprint density at radius 3 is 1.86 bits per heavy atom. The van der Waals surface area contributed by atoms with E-state index in [1.54, 1.807) is 0 Å². The monoisotopic (exact) mass is 396 g/mol. The summed E-state index contributed by atoms with van der Waals surface area (Å²) in [5, 5.41) is 2.41. The van der Waals surface area contributed by atoms with Crippen LogP contribution in [0.25, 0.3) is 10.8 Å². The highest BCUT2D eigenvalue weighted by atomic mass is 16.5. The van der Waals surface area contributed by atoms with Crippen molar-refractivity contribution in [1.29, 1.82) is 0 Å². The smallest absolute Gasteiger partial charge is 0.306 e. The van der Waals surface area contributed by atoms with Crippen LogP contribution in [0.4, 0.5) is 0 Å². The molecule has 0 N–H and O–H groups in total. The lowest BCUT2D eigenvalue weighted by Crippen LogP contribution is -2.04. The largest absolute Gasteiger partial charge is 0.461 e. The van der Waals surface area contributed by atoms with Crippen molar-refractivity contribution >= 4 is 16.7 Å². The molecule has 0 radical (unpaired) electrons. The highest BCUT2D eigenvalue weighted by Gasteiger charge is 2.04. The summed E-state index contributed by atoms with van der Waals surface area (Å²) < 4.78 is 5.45. The molecule has 0 aliphatic carbocycles. The first kappa shape index (κ1) is 23.4. The van der Waals surface area contributed by atoms with E-state index in [9.17, 15) is 4.79 Å². The predicted octanol–water partition coefficient (Wildman–Crippen LogP) is 8.36. The normalized spacial score (nSPS) is 11.1. The summed E-state index contributed by atoms with van der Waals surface area (Å²) in [7, 11) is 0. The predicted molar refractivity (Wildman–Crippen MR) is 124 cm³/mol. The van der Waals surface area contributed by atoms with Gasteiger partial charge in [0.05, 0.1) is 0 Å². The summed E-state index contributed by atoms with van der Waals surface area (Å²) in [6.07, 6.45) is 17.7. The summed E-state index contributed by atoms with van der Waals surface area (Å²) in [5.41, 5.74) is 1.06. The summed E-state index contributed by atoms with van der Waals surface area (Å²) in [4.78, 5) is 12.0. The molecule has 0 bridgehead atoms. The first-order chi connectivity index (χ1) is 14.3. The van der Waals surface area contributed by atoms with E-state index >= 15 is 0 Å². The van der Waals surface area contributed by atoms with E-state index < -0.39 is 0 Å². The van der Waals surface area contributed by atoms with Gasteiger partial charge in [-0.3, -0.25) is 4.79 Å². The third-order valence-corrected chi connectivity index (χ3v) is 5.70. The van der Waals surface area contributed by atoms with Crippen molar-refractivity contribution in [1.82, 2.24) is 0 Å². The van der Waals surface area contributed by atoms with Crippen molar-refractivity contribution in [3.05, 3.63) is 48.0 Å². The zero-order valence-electron chi connectivity index (χ0n) is 18.5. The Bertz CT molecular complexity index is 692. The minimum Gasteiger partial charge on any atom is -0.461 e. The lowest BCUT2D eigenvalue weighted by Gasteiger charge is -2.06. The fourth-order valence-corrected chi connectivity index (χ4v) is 3.85. The second-order valence-corrected chi connectivity index (χ2v) is 8.33. The Balaban J connectivity index is 1.42. The molecular weight excluding hydrogens is 356 g/mol. The van der Waals surface area contributed by atoms with Crippen LogP contribution in [-0.2, 0) is 16.1 Å². The SMILES string of the molecule is CCCCCCCCCCCCCCCC(=O)OCc1ccc2ccccc2c1. The van der Waals surface area contributed by atoms with Crippen LogP contribution < -0.4 is 0 Å². The van der Waals surface area contributed by atoms with Gasteiger partial charge in [-0.25, -0.2) is 0 Å². The topological polar surface area (TPSA) is 26.3 Å². The number of carbonyl (C=O) groups excluding carboxylic acids is 1. The van der Waals surface area contributed by atoms with Crippen molar-refractivity contribution in [3.63, 3.8) is 0 Å². The molecule has 2 heteroatoms. The van der Waals surface area contributed by atoms with Crippen molar-refractivity contribution in [2.75, 3.05) is 0 Å². The standard InChI is InChI=1S/C27H40O2/c1-2-3-4-5-6-7-8-9-10-11-12-13-14-19-27(28)29-23-24-20-21-25-17-15-16-18-26(25)22-24/h15-18,20-22H,2-14,19,23H2,1H3. The Kier molecular flexibility index (Phi) is 12.2. The third-order valence-electron chi connectivity index (χ3n) is 5.70. The molecule has 0 saturated heterocycles. The number of hydrogen-bond donors (Lipinski definition) is 0. The minimum atomic E-state index is -0.0683. The molecule has 0 aliphatic rings. The molecule has 2 aromatic rings. The molecular formula is C27H40O2. The molecule has 2 aromatic carbocycles. The van der Waals surface area contributed by atoms with Crippen molar-refractivity contribution in [2.24, 2.45) is 0 Å². The molecule has 29 heavy (non-hydrogen) atoms. The maximum absolute atomic E-state index is 12.0. The van der Waals surface area contributed by atoms with Gasteiger partial charge in [-0.2, -0.15) is 0 Å². The van der Waals surface area contributed by atoms with E-state index in [-0.39, 0.29) is 5.97 Å².